The largest absolute Gasteiger partial charge is 0.479 e. The molecule has 390 valence electrons. The van der Waals surface area contributed by atoms with Crippen LogP contribution >= 0.6 is 0 Å². The number of allylic oxidation sites excluding steroid dienone is 1. The van der Waals surface area contributed by atoms with Crippen LogP contribution in [0.15, 0.2) is 11.6 Å². The third kappa shape index (κ3) is 7.54. The quantitative estimate of drug-likeness (QED) is 0.0821. The first-order valence-electron chi connectivity index (χ1n) is 24.1. The molecule has 0 aromatic carbocycles. The third-order valence-corrected chi connectivity index (χ3v) is 19.4. The van der Waals surface area contributed by atoms with E-state index in [1.807, 2.05) is 34.6 Å². The molecule has 8 aliphatic rings. The lowest BCUT2D eigenvalue weighted by atomic mass is 9.32. The minimum atomic E-state index is -2.10. The summed E-state index contributed by atoms with van der Waals surface area (Å²) in [6.45, 7) is 12.1. The molecule has 26 atom stereocenters. The van der Waals surface area contributed by atoms with E-state index in [0.29, 0.717) is 38.5 Å². The second-order valence-electron chi connectivity index (χ2n) is 23.3. The fraction of sp³-hybridized carbons (Fsp3) is 0.936. The fourth-order valence-electron chi connectivity index (χ4n) is 15.2. The molecule has 8 rings (SSSR count). The zero-order valence-corrected chi connectivity index (χ0v) is 39.8. The fourth-order valence-corrected chi connectivity index (χ4v) is 15.2. The number of aliphatic hydroxyl groups is 13. The maximum Gasteiger partial charge on any atom is 0.335 e. The lowest BCUT2D eigenvalue weighted by molar-refractivity contribution is -0.392. The highest BCUT2D eigenvalue weighted by Gasteiger charge is 2.75. The summed E-state index contributed by atoms with van der Waals surface area (Å²) in [5, 5.41) is 154. The van der Waals surface area contributed by atoms with Crippen molar-refractivity contribution in [2.75, 3.05) is 19.8 Å². The topological polar surface area (TPSA) is 356 Å². The third-order valence-electron chi connectivity index (χ3n) is 19.4. The zero-order chi connectivity index (χ0) is 50.2. The van der Waals surface area contributed by atoms with E-state index in [1.165, 1.54) is 0 Å². The van der Waals surface area contributed by atoms with Crippen LogP contribution in [-0.4, -0.2) is 214 Å². The van der Waals surface area contributed by atoms with Crippen molar-refractivity contribution in [3.05, 3.63) is 11.6 Å². The molecule has 21 nitrogen and oxygen atoms in total. The molecule has 7 fully saturated rings. The normalized spacial score (nSPS) is 55.4. The summed E-state index contributed by atoms with van der Waals surface area (Å²) in [4.78, 5) is 12.8. The molecule has 0 spiro atoms. The Morgan fingerprint density at radius 2 is 1.31 bits per heavy atom. The van der Waals surface area contributed by atoms with E-state index in [-0.39, 0.29) is 11.8 Å². The van der Waals surface area contributed by atoms with Crippen molar-refractivity contribution in [2.24, 2.45) is 50.2 Å². The number of ether oxygens (including phenoxy) is 6. The Bertz CT molecular complexity index is 1880. The second kappa shape index (κ2) is 18.1. The predicted molar refractivity (Wildman–Crippen MR) is 230 cm³/mol. The number of fused-ring (bicyclic) bond motifs is 7. The Kier molecular flexibility index (Phi) is 14.1. The standard InChI is InChI=1S/C47H76O21/c1-42(2)14-19-18-8-9-23-44(5)12-11-24(43(3,4)22(44)10-13-45(23,6)46(18,7)35(58)37(60)47(19,17-49)36(59)34(42)57)65-41-33(68-40-29(55)27(53)26(52)21(15-48)64-40)31(30(56)32(67-41)38(61)62)66-39-28(54)25(51)20(50)16-63-39/h8,19-37,39-41,48-60H,9-17H2,1-7H3,(H,61,62)/t19-,20-,21+,22-,23+,24-,25-,26+,27-,28+,29+,30-,31-,32-,33+,34-,35-,36-,37+,39-,40-,41+,44-,45+,46-,47+/m0/s1. The summed E-state index contributed by atoms with van der Waals surface area (Å²) >= 11 is 0. The predicted octanol–water partition coefficient (Wildman–Crippen LogP) is -2.77. The van der Waals surface area contributed by atoms with Crippen LogP contribution < -0.4 is 0 Å². The van der Waals surface area contributed by atoms with Gasteiger partial charge >= 0.3 is 5.97 Å². The maximum absolute atomic E-state index is 12.8. The molecular weight excluding hydrogens is 900 g/mol. The molecule has 0 unspecified atom stereocenters. The van der Waals surface area contributed by atoms with Gasteiger partial charge in [-0.3, -0.25) is 0 Å². The molecule has 3 aliphatic heterocycles. The first-order valence-corrected chi connectivity index (χ1v) is 24.1. The highest BCUT2D eigenvalue weighted by Crippen LogP contribution is 2.76. The van der Waals surface area contributed by atoms with Crippen LogP contribution in [-0.2, 0) is 33.2 Å². The van der Waals surface area contributed by atoms with E-state index in [9.17, 15) is 76.3 Å². The molecule has 0 amide bonds. The van der Waals surface area contributed by atoms with Crippen LogP contribution in [0, 0.1) is 50.2 Å². The molecule has 3 saturated heterocycles. The van der Waals surface area contributed by atoms with Crippen LogP contribution in [0.4, 0.5) is 0 Å². The Hall–Kier alpha value is -1.55. The molecule has 3 heterocycles. The molecule has 0 aromatic heterocycles. The number of aliphatic hydroxyl groups excluding tert-OH is 13. The number of carboxylic acids is 1. The summed E-state index contributed by atoms with van der Waals surface area (Å²) in [6, 6.07) is 0. The first kappa shape index (κ1) is 52.8. The van der Waals surface area contributed by atoms with E-state index < -0.39 is 181 Å². The average molecular weight is 977 g/mol. The smallest absolute Gasteiger partial charge is 0.335 e. The molecule has 14 N–H and O–H groups in total. The summed E-state index contributed by atoms with van der Waals surface area (Å²) in [7, 11) is 0. The van der Waals surface area contributed by atoms with Gasteiger partial charge in [0.05, 0.1) is 55.8 Å². The molecule has 5 aliphatic carbocycles. The van der Waals surface area contributed by atoms with Gasteiger partial charge in [0.25, 0.3) is 0 Å². The first-order chi connectivity index (χ1) is 31.6. The van der Waals surface area contributed by atoms with Gasteiger partial charge in [-0.15, -0.1) is 0 Å². The van der Waals surface area contributed by atoms with Crippen LogP contribution in [0.25, 0.3) is 0 Å². The molecular formula is C47H76O21. The van der Waals surface area contributed by atoms with Crippen molar-refractivity contribution in [3.63, 3.8) is 0 Å². The van der Waals surface area contributed by atoms with E-state index in [2.05, 4.69) is 19.9 Å². The van der Waals surface area contributed by atoms with Crippen molar-refractivity contribution in [1.82, 2.24) is 0 Å². The number of carbonyl (C=O) groups is 1. The van der Waals surface area contributed by atoms with Crippen molar-refractivity contribution >= 4 is 5.97 Å². The highest BCUT2D eigenvalue weighted by molar-refractivity contribution is 5.73. The Morgan fingerprint density at radius 3 is 1.94 bits per heavy atom. The van der Waals surface area contributed by atoms with E-state index in [0.717, 1.165) is 5.57 Å². The summed E-state index contributed by atoms with van der Waals surface area (Å²) in [5.74, 6) is -2.36. The van der Waals surface area contributed by atoms with Gasteiger partial charge < -0.3 is 99.9 Å². The number of carboxylic acid groups (broad SMARTS) is 1. The lowest BCUT2D eigenvalue weighted by Crippen LogP contribution is -2.76. The SMILES string of the molecule is CC1(C)C[C@H]2C3=CC[C@@H]4[C@@]5(C)CC[C@H](O[C@@H]6O[C@H](C(=O)O)[C@@H](O)[C@H](O[C@@H]7OC[C@H](O)[C@H](O)[C@H]7O)[C@H]6O[C@@H]6O[C@H](CO)[C@@H](O)[C@H](O)[C@H]6O)C(C)(C)[C@@H]5CC[C@@]4(C)[C@]3(C)[C@@H](O)[C@@H](O)[C@@]2(CO)[C@@H](O)[C@@H]1O. The maximum atomic E-state index is 12.8. The summed E-state index contributed by atoms with van der Waals surface area (Å²) in [6.07, 6.45) is -26.8. The van der Waals surface area contributed by atoms with Crippen molar-refractivity contribution in [3.8, 4) is 0 Å². The van der Waals surface area contributed by atoms with Crippen LogP contribution in [0.5, 0.6) is 0 Å². The van der Waals surface area contributed by atoms with Crippen molar-refractivity contribution in [2.45, 2.75) is 204 Å². The van der Waals surface area contributed by atoms with Gasteiger partial charge in [-0.05, 0) is 77.9 Å². The molecule has 0 aromatic rings. The molecule has 4 saturated carbocycles. The second-order valence-corrected chi connectivity index (χ2v) is 23.3. The monoisotopic (exact) mass is 976 g/mol. The van der Waals surface area contributed by atoms with E-state index >= 15 is 0 Å². The minimum absolute atomic E-state index is 0.0772. The Labute approximate surface area is 395 Å². The molecule has 68 heavy (non-hydrogen) atoms. The van der Waals surface area contributed by atoms with Gasteiger partial charge in [-0.25, -0.2) is 4.79 Å². The Balaban J connectivity index is 1.12. The number of aliphatic carboxylic acids is 1. The van der Waals surface area contributed by atoms with Gasteiger partial charge in [-0.1, -0.05) is 60.1 Å². The summed E-state index contributed by atoms with van der Waals surface area (Å²) in [5.41, 5.74) is -4.33. The zero-order valence-electron chi connectivity index (χ0n) is 39.8. The number of hydrogen-bond donors (Lipinski definition) is 14. The van der Waals surface area contributed by atoms with E-state index in [1.54, 1.807) is 0 Å². The van der Waals surface area contributed by atoms with Gasteiger partial charge in [0.15, 0.2) is 25.0 Å². The van der Waals surface area contributed by atoms with Gasteiger partial charge in [0, 0.05) is 5.41 Å². The van der Waals surface area contributed by atoms with Gasteiger partial charge in [0.1, 0.15) is 61.0 Å². The Morgan fingerprint density at radius 1 is 0.676 bits per heavy atom. The van der Waals surface area contributed by atoms with Crippen LogP contribution in [0.1, 0.15) is 87.0 Å². The minimum Gasteiger partial charge on any atom is -0.479 e. The highest BCUT2D eigenvalue weighted by atomic mass is 16.8. The van der Waals surface area contributed by atoms with Crippen LogP contribution in [0.3, 0.4) is 0 Å². The average Bonchev–Trinajstić information content (AvgIpc) is 3.28. The number of hydrogen-bond acceptors (Lipinski definition) is 20. The van der Waals surface area contributed by atoms with Crippen molar-refractivity contribution < 1.29 is 105 Å². The molecule has 21 heteroatoms. The van der Waals surface area contributed by atoms with Gasteiger partial charge in [-0.2, -0.15) is 0 Å². The van der Waals surface area contributed by atoms with Gasteiger partial charge in [0.2, 0.25) is 0 Å². The lowest BCUT2D eigenvalue weighted by Gasteiger charge is -2.73. The molecule has 0 bridgehead atoms. The van der Waals surface area contributed by atoms with E-state index in [4.69, 9.17) is 28.4 Å². The van der Waals surface area contributed by atoms with Crippen LogP contribution in [0.2, 0.25) is 0 Å². The number of rotatable bonds is 9. The van der Waals surface area contributed by atoms with Crippen molar-refractivity contribution in [1.29, 1.82) is 0 Å². The summed E-state index contributed by atoms with van der Waals surface area (Å²) < 4.78 is 36.1. The molecule has 0 radical (unpaired) electrons.